The maximum atomic E-state index is 10.0. The molecule has 0 aliphatic heterocycles. The van der Waals surface area contributed by atoms with Gasteiger partial charge in [0.25, 0.3) is 0 Å². The topological polar surface area (TPSA) is 49.3 Å². The van der Waals surface area contributed by atoms with Crippen molar-refractivity contribution in [2.45, 2.75) is 6.42 Å². The van der Waals surface area contributed by atoms with Gasteiger partial charge in [0.1, 0.15) is 0 Å². The molecule has 0 atom stereocenters. The molecule has 0 saturated carbocycles. The number of carboxylic acid groups (broad SMARTS) is 1. The zero-order valence-electron chi connectivity index (χ0n) is 5.91. The SMILES string of the molecule is O=C(O)NCCc1ccsc1. The first-order valence-corrected chi connectivity index (χ1v) is 4.21. The molecule has 3 nitrogen and oxygen atoms in total. The van der Waals surface area contributed by atoms with E-state index < -0.39 is 6.09 Å². The molecule has 0 fully saturated rings. The van der Waals surface area contributed by atoms with E-state index in [2.05, 4.69) is 5.32 Å². The molecule has 0 saturated heterocycles. The van der Waals surface area contributed by atoms with Crippen molar-refractivity contribution in [1.29, 1.82) is 0 Å². The molecule has 1 rings (SSSR count). The molecule has 1 aromatic heterocycles. The summed E-state index contributed by atoms with van der Waals surface area (Å²) in [5, 5.41) is 14.5. The van der Waals surface area contributed by atoms with Gasteiger partial charge >= 0.3 is 6.09 Å². The third-order valence-corrected chi connectivity index (χ3v) is 2.00. The standard InChI is InChI=1S/C7H9NO2S/c9-7(10)8-3-1-6-2-4-11-5-6/h2,4-5,8H,1,3H2,(H,9,10). The molecule has 4 heteroatoms. The van der Waals surface area contributed by atoms with Gasteiger partial charge in [0, 0.05) is 6.54 Å². The Labute approximate surface area is 68.7 Å². The molecule has 2 N–H and O–H groups in total. The van der Waals surface area contributed by atoms with E-state index in [1.54, 1.807) is 11.3 Å². The number of nitrogens with one attached hydrogen (secondary N) is 1. The molecule has 0 unspecified atom stereocenters. The predicted molar refractivity (Wildman–Crippen MR) is 44.1 cm³/mol. The van der Waals surface area contributed by atoms with Crippen LogP contribution in [0.4, 0.5) is 4.79 Å². The average molecular weight is 171 g/mol. The zero-order valence-corrected chi connectivity index (χ0v) is 6.73. The predicted octanol–water partition coefficient (Wildman–Crippen LogP) is 1.56. The van der Waals surface area contributed by atoms with E-state index in [0.29, 0.717) is 6.54 Å². The summed E-state index contributed by atoms with van der Waals surface area (Å²) in [6.45, 7) is 0.492. The number of rotatable bonds is 3. The lowest BCUT2D eigenvalue weighted by Gasteiger charge is -1.96. The minimum Gasteiger partial charge on any atom is -0.465 e. The van der Waals surface area contributed by atoms with Crippen molar-refractivity contribution in [1.82, 2.24) is 5.32 Å². The van der Waals surface area contributed by atoms with Gasteiger partial charge in [0.15, 0.2) is 0 Å². The maximum absolute atomic E-state index is 10.0. The number of carbonyl (C=O) groups is 1. The van der Waals surface area contributed by atoms with Crippen LogP contribution in [0.3, 0.4) is 0 Å². The summed E-state index contributed by atoms with van der Waals surface area (Å²) >= 11 is 1.62. The Morgan fingerprint density at radius 2 is 2.55 bits per heavy atom. The van der Waals surface area contributed by atoms with Gasteiger partial charge in [-0.3, -0.25) is 0 Å². The van der Waals surface area contributed by atoms with E-state index in [0.717, 1.165) is 6.42 Å². The van der Waals surface area contributed by atoms with Gasteiger partial charge in [0.2, 0.25) is 0 Å². The van der Waals surface area contributed by atoms with Crippen LogP contribution >= 0.6 is 11.3 Å². The molecule has 0 spiro atoms. The number of hydrogen-bond donors (Lipinski definition) is 2. The first kappa shape index (κ1) is 8.07. The molecule has 1 aromatic rings. The van der Waals surface area contributed by atoms with Crippen LogP contribution in [0.1, 0.15) is 5.56 Å². The Morgan fingerprint density at radius 3 is 3.09 bits per heavy atom. The molecule has 0 aliphatic carbocycles. The van der Waals surface area contributed by atoms with E-state index in [4.69, 9.17) is 5.11 Å². The fourth-order valence-corrected chi connectivity index (χ4v) is 1.45. The Kier molecular flexibility index (Phi) is 2.92. The van der Waals surface area contributed by atoms with Gasteiger partial charge in [0.05, 0.1) is 0 Å². The highest BCUT2D eigenvalue weighted by molar-refractivity contribution is 7.07. The smallest absolute Gasteiger partial charge is 0.404 e. The molecular weight excluding hydrogens is 162 g/mol. The summed E-state index contributed by atoms with van der Waals surface area (Å²) in [6, 6.07) is 1.99. The van der Waals surface area contributed by atoms with E-state index >= 15 is 0 Å². The van der Waals surface area contributed by atoms with E-state index in [-0.39, 0.29) is 0 Å². The van der Waals surface area contributed by atoms with Crippen molar-refractivity contribution >= 4 is 17.4 Å². The normalized spacial score (nSPS) is 9.45. The fourth-order valence-electron chi connectivity index (χ4n) is 0.749. The van der Waals surface area contributed by atoms with Crippen molar-refractivity contribution in [2.75, 3.05) is 6.54 Å². The summed E-state index contributed by atoms with van der Waals surface area (Å²) in [4.78, 5) is 10.0. The third-order valence-electron chi connectivity index (χ3n) is 1.27. The first-order valence-electron chi connectivity index (χ1n) is 3.27. The Morgan fingerprint density at radius 1 is 1.73 bits per heavy atom. The molecule has 11 heavy (non-hydrogen) atoms. The largest absolute Gasteiger partial charge is 0.465 e. The van der Waals surface area contributed by atoms with Crippen LogP contribution in [-0.4, -0.2) is 17.7 Å². The molecule has 1 heterocycles. The lowest BCUT2D eigenvalue weighted by atomic mass is 10.2. The van der Waals surface area contributed by atoms with Crippen molar-refractivity contribution in [3.05, 3.63) is 22.4 Å². The summed E-state index contributed by atoms with van der Waals surface area (Å²) in [5.41, 5.74) is 1.18. The Bertz CT molecular complexity index is 220. The van der Waals surface area contributed by atoms with Gasteiger partial charge in [-0.15, -0.1) is 0 Å². The number of hydrogen-bond acceptors (Lipinski definition) is 2. The summed E-state index contributed by atoms with van der Waals surface area (Å²) in [6.07, 6.45) is -0.185. The monoisotopic (exact) mass is 171 g/mol. The highest BCUT2D eigenvalue weighted by Crippen LogP contribution is 2.05. The number of amides is 1. The van der Waals surface area contributed by atoms with Crippen LogP contribution in [-0.2, 0) is 6.42 Å². The quantitative estimate of drug-likeness (QED) is 0.725. The van der Waals surface area contributed by atoms with Gasteiger partial charge in [-0.2, -0.15) is 11.3 Å². The molecule has 0 aromatic carbocycles. The molecule has 60 valence electrons. The van der Waals surface area contributed by atoms with Crippen molar-refractivity contribution in [2.24, 2.45) is 0 Å². The lowest BCUT2D eigenvalue weighted by Crippen LogP contribution is -2.23. The van der Waals surface area contributed by atoms with Gasteiger partial charge in [-0.05, 0) is 28.8 Å². The van der Waals surface area contributed by atoms with Crippen molar-refractivity contribution < 1.29 is 9.90 Å². The van der Waals surface area contributed by atoms with E-state index in [1.807, 2.05) is 16.8 Å². The van der Waals surface area contributed by atoms with Crippen LogP contribution in [0.2, 0.25) is 0 Å². The minimum atomic E-state index is -0.958. The second-order valence-corrected chi connectivity index (χ2v) is 2.89. The molecule has 0 radical (unpaired) electrons. The fraction of sp³-hybridized carbons (Fsp3) is 0.286. The summed E-state index contributed by atoms with van der Waals surface area (Å²) < 4.78 is 0. The molecule has 1 amide bonds. The van der Waals surface area contributed by atoms with Crippen LogP contribution < -0.4 is 5.32 Å². The highest BCUT2D eigenvalue weighted by Gasteiger charge is 1.94. The highest BCUT2D eigenvalue weighted by atomic mass is 32.1. The second kappa shape index (κ2) is 3.98. The van der Waals surface area contributed by atoms with E-state index in [1.165, 1.54) is 5.56 Å². The Hall–Kier alpha value is -1.03. The minimum absolute atomic E-state index is 0.492. The van der Waals surface area contributed by atoms with Gasteiger partial charge < -0.3 is 10.4 Å². The van der Waals surface area contributed by atoms with Gasteiger partial charge in [-0.1, -0.05) is 0 Å². The molecule has 0 aliphatic rings. The average Bonchev–Trinajstić information content (AvgIpc) is 2.39. The first-order chi connectivity index (χ1) is 5.29. The summed E-state index contributed by atoms with van der Waals surface area (Å²) in [7, 11) is 0. The van der Waals surface area contributed by atoms with Crippen LogP contribution in [0.25, 0.3) is 0 Å². The van der Waals surface area contributed by atoms with Crippen molar-refractivity contribution in [3.8, 4) is 0 Å². The van der Waals surface area contributed by atoms with Crippen LogP contribution in [0, 0.1) is 0 Å². The second-order valence-electron chi connectivity index (χ2n) is 2.11. The molecular formula is C7H9NO2S. The third kappa shape index (κ3) is 3.04. The Balaban J connectivity index is 2.19. The maximum Gasteiger partial charge on any atom is 0.404 e. The number of thiophene rings is 1. The van der Waals surface area contributed by atoms with Crippen LogP contribution in [0.5, 0.6) is 0 Å². The lowest BCUT2D eigenvalue weighted by molar-refractivity contribution is 0.194. The molecule has 0 bridgehead atoms. The van der Waals surface area contributed by atoms with Gasteiger partial charge in [-0.25, -0.2) is 4.79 Å². The van der Waals surface area contributed by atoms with Crippen LogP contribution in [0.15, 0.2) is 16.8 Å². The van der Waals surface area contributed by atoms with E-state index in [9.17, 15) is 4.79 Å². The zero-order chi connectivity index (χ0) is 8.10. The van der Waals surface area contributed by atoms with Crippen molar-refractivity contribution in [3.63, 3.8) is 0 Å². The summed E-state index contributed by atoms with van der Waals surface area (Å²) in [5.74, 6) is 0.